The third-order valence-corrected chi connectivity index (χ3v) is 2.46. The Labute approximate surface area is 93.0 Å². The van der Waals surface area contributed by atoms with E-state index in [1.807, 2.05) is 30.3 Å². The van der Waals surface area contributed by atoms with E-state index >= 15 is 0 Å². The molecule has 16 heavy (non-hydrogen) atoms. The number of hydrogen-bond donors (Lipinski definition) is 2. The Bertz CT molecular complexity index is 538. The molecule has 0 spiro atoms. The van der Waals surface area contributed by atoms with E-state index in [0.717, 1.165) is 10.8 Å². The van der Waals surface area contributed by atoms with Crippen LogP contribution in [0.1, 0.15) is 10.4 Å². The molecule has 0 fully saturated rings. The predicted molar refractivity (Wildman–Crippen MR) is 62.2 cm³/mol. The van der Waals surface area contributed by atoms with Gasteiger partial charge in [0.2, 0.25) is 0 Å². The number of hydrogen-bond acceptors (Lipinski definition) is 3. The minimum atomic E-state index is -0.359. The Morgan fingerprint density at radius 2 is 2.00 bits per heavy atom. The number of benzene rings is 2. The molecular weight excluding hydrogens is 204 g/mol. The third-order valence-electron chi connectivity index (χ3n) is 2.46. The molecule has 3 N–H and O–H groups in total. The maximum absolute atomic E-state index is 11.5. The number of hydrazine groups is 1. The normalized spacial score (nSPS) is 10.1. The first-order chi connectivity index (χ1) is 7.77. The summed E-state index contributed by atoms with van der Waals surface area (Å²) in [6.07, 6.45) is 0. The first-order valence-corrected chi connectivity index (χ1v) is 4.84. The molecule has 0 heterocycles. The average molecular weight is 216 g/mol. The lowest BCUT2D eigenvalue weighted by Crippen LogP contribution is -2.30. The van der Waals surface area contributed by atoms with E-state index in [4.69, 9.17) is 10.6 Å². The van der Waals surface area contributed by atoms with Crippen LogP contribution in [0.2, 0.25) is 0 Å². The van der Waals surface area contributed by atoms with E-state index in [-0.39, 0.29) is 5.91 Å². The number of nitrogens with two attached hydrogens (primary N) is 1. The van der Waals surface area contributed by atoms with Crippen molar-refractivity contribution in [3.8, 4) is 5.75 Å². The second kappa shape index (κ2) is 4.20. The van der Waals surface area contributed by atoms with Gasteiger partial charge in [-0.3, -0.25) is 10.2 Å². The van der Waals surface area contributed by atoms with Crippen LogP contribution in [-0.4, -0.2) is 13.0 Å². The molecule has 0 aliphatic carbocycles. The van der Waals surface area contributed by atoms with Crippen LogP contribution in [0.3, 0.4) is 0 Å². The quantitative estimate of drug-likeness (QED) is 0.453. The van der Waals surface area contributed by atoms with E-state index in [1.54, 1.807) is 6.07 Å². The summed E-state index contributed by atoms with van der Waals surface area (Å²) in [6, 6.07) is 11.3. The highest BCUT2D eigenvalue weighted by Gasteiger charge is 2.13. The van der Waals surface area contributed by atoms with Gasteiger partial charge in [0.05, 0.1) is 12.7 Å². The number of carbonyl (C=O) groups excluding carboxylic acids is 1. The zero-order chi connectivity index (χ0) is 11.5. The minimum Gasteiger partial charge on any atom is -0.495 e. The van der Waals surface area contributed by atoms with E-state index in [9.17, 15) is 4.79 Å². The van der Waals surface area contributed by atoms with Crippen molar-refractivity contribution in [3.05, 3.63) is 42.0 Å². The van der Waals surface area contributed by atoms with Crippen LogP contribution in [0.4, 0.5) is 0 Å². The molecule has 0 aromatic heterocycles. The number of fused-ring (bicyclic) bond motifs is 1. The molecule has 0 aliphatic heterocycles. The maximum atomic E-state index is 11.5. The summed E-state index contributed by atoms with van der Waals surface area (Å²) in [4.78, 5) is 11.5. The van der Waals surface area contributed by atoms with Crippen molar-refractivity contribution < 1.29 is 9.53 Å². The summed E-state index contributed by atoms with van der Waals surface area (Å²) in [7, 11) is 1.54. The molecule has 0 radical (unpaired) electrons. The number of nitrogen functional groups attached to an aromatic ring is 1. The number of amides is 1. The summed E-state index contributed by atoms with van der Waals surface area (Å²) in [5.74, 6) is 5.30. The van der Waals surface area contributed by atoms with Gasteiger partial charge in [-0.1, -0.05) is 30.3 Å². The second-order valence-corrected chi connectivity index (χ2v) is 3.34. The second-order valence-electron chi connectivity index (χ2n) is 3.34. The van der Waals surface area contributed by atoms with Gasteiger partial charge in [-0.15, -0.1) is 0 Å². The van der Waals surface area contributed by atoms with Crippen LogP contribution in [0.25, 0.3) is 10.8 Å². The zero-order valence-corrected chi connectivity index (χ0v) is 8.86. The molecule has 0 aliphatic rings. The highest BCUT2D eigenvalue weighted by molar-refractivity contribution is 6.03. The lowest BCUT2D eigenvalue weighted by Gasteiger charge is -2.10. The standard InChI is InChI=1S/C12H12N2O2/c1-16-11-9-5-3-2-4-8(9)6-7-10(11)12(15)14-13/h2-7H,13H2,1H3,(H,14,15). The van der Waals surface area contributed by atoms with Gasteiger partial charge < -0.3 is 4.74 Å². The van der Waals surface area contributed by atoms with Crippen LogP contribution < -0.4 is 16.0 Å². The van der Waals surface area contributed by atoms with E-state index in [0.29, 0.717) is 11.3 Å². The van der Waals surface area contributed by atoms with Crippen LogP contribution in [0, 0.1) is 0 Å². The molecule has 4 nitrogen and oxygen atoms in total. The minimum absolute atomic E-state index is 0.359. The number of rotatable bonds is 2. The summed E-state index contributed by atoms with van der Waals surface area (Å²) in [5, 5.41) is 1.92. The lowest BCUT2D eigenvalue weighted by molar-refractivity contribution is 0.0951. The molecule has 1 amide bonds. The van der Waals surface area contributed by atoms with Crippen molar-refractivity contribution in [2.75, 3.05) is 7.11 Å². The molecule has 2 aromatic carbocycles. The van der Waals surface area contributed by atoms with Crippen molar-refractivity contribution >= 4 is 16.7 Å². The van der Waals surface area contributed by atoms with E-state index in [1.165, 1.54) is 7.11 Å². The van der Waals surface area contributed by atoms with Gasteiger partial charge >= 0.3 is 0 Å². The largest absolute Gasteiger partial charge is 0.495 e. The molecule has 0 atom stereocenters. The Morgan fingerprint density at radius 3 is 2.69 bits per heavy atom. The molecule has 2 aromatic rings. The number of ether oxygens (including phenoxy) is 1. The predicted octanol–water partition coefficient (Wildman–Crippen LogP) is 1.45. The smallest absolute Gasteiger partial charge is 0.268 e. The Hall–Kier alpha value is -2.07. The molecule has 0 bridgehead atoms. The highest BCUT2D eigenvalue weighted by atomic mass is 16.5. The molecular formula is C12H12N2O2. The van der Waals surface area contributed by atoms with Gasteiger partial charge in [-0.25, -0.2) is 5.84 Å². The Kier molecular flexibility index (Phi) is 2.74. The highest BCUT2D eigenvalue weighted by Crippen LogP contribution is 2.29. The van der Waals surface area contributed by atoms with Gasteiger partial charge in [0.25, 0.3) is 5.91 Å². The molecule has 0 saturated heterocycles. The molecule has 2 rings (SSSR count). The van der Waals surface area contributed by atoms with Gasteiger partial charge in [-0.05, 0) is 11.5 Å². The van der Waals surface area contributed by atoms with Gasteiger partial charge in [0, 0.05) is 5.39 Å². The Morgan fingerprint density at radius 1 is 1.25 bits per heavy atom. The van der Waals surface area contributed by atoms with E-state index in [2.05, 4.69) is 5.43 Å². The van der Waals surface area contributed by atoms with Crippen molar-refractivity contribution in [1.29, 1.82) is 0 Å². The molecule has 0 unspecified atom stereocenters. The summed E-state index contributed by atoms with van der Waals surface area (Å²) < 4.78 is 5.27. The van der Waals surface area contributed by atoms with Crippen LogP contribution in [0.5, 0.6) is 5.75 Å². The molecule has 4 heteroatoms. The number of nitrogens with one attached hydrogen (secondary N) is 1. The van der Waals surface area contributed by atoms with E-state index < -0.39 is 0 Å². The number of carbonyl (C=O) groups is 1. The summed E-state index contributed by atoms with van der Waals surface area (Å²) >= 11 is 0. The first kappa shape index (κ1) is 10.4. The average Bonchev–Trinajstić information content (AvgIpc) is 2.36. The fraction of sp³-hybridized carbons (Fsp3) is 0.0833. The van der Waals surface area contributed by atoms with Gasteiger partial charge in [-0.2, -0.15) is 0 Å². The maximum Gasteiger partial charge on any atom is 0.268 e. The van der Waals surface area contributed by atoms with Crippen molar-refractivity contribution in [3.63, 3.8) is 0 Å². The van der Waals surface area contributed by atoms with Gasteiger partial charge in [0.15, 0.2) is 0 Å². The zero-order valence-electron chi connectivity index (χ0n) is 8.86. The fourth-order valence-corrected chi connectivity index (χ4v) is 1.72. The SMILES string of the molecule is COc1c(C(=O)NN)ccc2ccccc12. The van der Waals surface area contributed by atoms with Crippen molar-refractivity contribution in [2.45, 2.75) is 0 Å². The van der Waals surface area contributed by atoms with Crippen LogP contribution >= 0.6 is 0 Å². The van der Waals surface area contributed by atoms with Crippen molar-refractivity contribution in [2.24, 2.45) is 5.84 Å². The molecule has 82 valence electrons. The third kappa shape index (κ3) is 1.59. The lowest BCUT2D eigenvalue weighted by atomic mass is 10.0. The summed E-state index contributed by atoms with van der Waals surface area (Å²) in [5.41, 5.74) is 2.54. The first-order valence-electron chi connectivity index (χ1n) is 4.84. The summed E-state index contributed by atoms with van der Waals surface area (Å²) in [6.45, 7) is 0. The monoisotopic (exact) mass is 216 g/mol. The van der Waals surface area contributed by atoms with Gasteiger partial charge in [0.1, 0.15) is 5.75 Å². The topological polar surface area (TPSA) is 64.3 Å². The number of methoxy groups -OCH3 is 1. The fourth-order valence-electron chi connectivity index (χ4n) is 1.72. The molecule has 0 saturated carbocycles. The van der Waals surface area contributed by atoms with Crippen LogP contribution in [0.15, 0.2) is 36.4 Å². The van der Waals surface area contributed by atoms with Crippen LogP contribution in [-0.2, 0) is 0 Å². The van der Waals surface area contributed by atoms with Crippen molar-refractivity contribution in [1.82, 2.24) is 5.43 Å². The Balaban J connectivity index is 2.72.